The summed E-state index contributed by atoms with van der Waals surface area (Å²) in [4.78, 5) is 0. The van der Waals surface area contributed by atoms with Crippen molar-refractivity contribution in [3.05, 3.63) is 23.8 Å². The average molecular weight is 237 g/mol. The minimum atomic E-state index is -0.0918. The molecule has 0 amide bonds. The van der Waals surface area contributed by atoms with Crippen LogP contribution in [0.15, 0.2) is 18.2 Å². The van der Waals surface area contributed by atoms with Crippen LogP contribution >= 0.6 is 0 Å². The highest BCUT2D eigenvalue weighted by molar-refractivity contribution is 5.44. The van der Waals surface area contributed by atoms with Crippen molar-refractivity contribution in [2.24, 2.45) is 5.73 Å². The molecular formula is C13H19NO3. The highest BCUT2D eigenvalue weighted by atomic mass is 16.6. The number of nitrogens with two attached hydrogens (primary N) is 1. The molecule has 1 heterocycles. The molecule has 0 spiro atoms. The summed E-state index contributed by atoms with van der Waals surface area (Å²) in [6.07, 6.45) is 0.0579. The van der Waals surface area contributed by atoms with Crippen LogP contribution in [-0.2, 0) is 4.74 Å². The van der Waals surface area contributed by atoms with E-state index >= 15 is 0 Å². The smallest absolute Gasteiger partial charge is 0.161 e. The van der Waals surface area contributed by atoms with Crippen LogP contribution in [0, 0.1) is 0 Å². The molecule has 1 aromatic rings. The summed E-state index contributed by atoms with van der Waals surface area (Å²) in [5.41, 5.74) is 6.76. The van der Waals surface area contributed by atoms with Gasteiger partial charge in [-0.2, -0.15) is 0 Å². The van der Waals surface area contributed by atoms with E-state index in [9.17, 15) is 0 Å². The topological polar surface area (TPSA) is 53.7 Å². The van der Waals surface area contributed by atoms with Crippen LogP contribution < -0.4 is 15.2 Å². The van der Waals surface area contributed by atoms with E-state index in [1.165, 1.54) is 0 Å². The summed E-state index contributed by atoms with van der Waals surface area (Å²) in [5.74, 6) is 1.57. The van der Waals surface area contributed by atoms with Gasteiger partial charge in [-0.15, -0.1) is 0 Å². The van der Waals surface area contributed by atoms with Crippen molar-refractivity contribution in [3.8, 4) is 11.5 Å². The van der Waals surface area contributed by atoms with Gasteiger partial charge in [0.1, 0.15) is 13.2 Å². The summed E-state index contributed by atoms with van der Waals surface area (Å²) < 4.78 is 16.8. The Bertz CT molecular complexity index is 379. The van der Waals surface area contributed by atoms with Crippen molar-refractivity contribution >= 4 is 0 Å². The summed E-state index contributed by atoms with van der Waals surface area (Å²) in [7, 11) is 0. The van der Waals surface area contributed by atoms with Crippen molar-refractivity contribution in [3.63, 3.8) is 0 Å². The van der Waals surface area contributed by atoms with Gasteiger partial charge >= 0.3 is 0 Å². The maximum atomic E-state index is 5.76. The molecule has 17 heavy (non-hydrogen) atoms. The van der Waals surface area contributed by atoms with Gasteiger partial charge in [0.05, 0.1) is 12.2 Å². The van der Waals surface area contributed by atoms with E-state index in [-0.39, 0.29) is 12.2 Å². The van der Waals surface area contributed by atoms with Crippen LogP contribution in [0.4, 0.5) is 0 Å². The van der Waals surface area contributed by atoms with E-state index in [4.69, 9.17) is 19.9 Å². The molecule has 1 atom stereocenters. The first-order valence-electron chi connectivity index (χ1n) is 5.95. The Kier molecular flexibility index (Phi) is 3.86. The molecule has 0 radical (unpaired) electrons. The van der Waals surface area contributed by atoms with Gasteiger partial charge in [-0.25, -0.2) is 0 Å². The van der Waals surface area contributed by atoms with E-state index in [0.717, 1.165) is 17.1 Å². The normalized spacial score (nSPS) is 16.0. The Morgan fingerprint density at radius 2 is 1.94 bits per heavy atom. The van der Waals surface area contributed by atoms with Crippen LogP contribution in [0.5, 0.6) is 11.5 Å². The number of benzene rings is 1. The molecule has 0 aromatic heterocycles. The quantitative estimate of drug-likeness (QED) is 0.868. The Morgan fingerprint density at radius 3 is 2.59 bits per heavy atom. The molecule has 1 aliphatic heterocycles. The van der Waals surface area contributed by atoms with Crippen molar-refractivity contribution < 1.29 is 14.2 Å². The lowest BCUT2D eigenvalue weighted by molar-refractivity contribution is 0.0117. The lowest BCUT2D eigenvalue weighted by Crippen LogP contribution is -2.20. The predicted octanol–water partition coefficient (Wildman–Crippen LogP) is 1.88. The molecular weight excluding hydrogens is 218 g/mol. The van der Waals surface area contributed by atoms with Crippen molar-refractivity contribution in [1.29, 1.82) is 0 Å². The summed E-state index contributed by atoms with van der Waals surface area (Å²) in [5, 5.41) is 0. The number of ether oxygens (including phenoxy) is 3. The average Bonchev–Trinajstić information content (AvgIpc) is 2.35. The number of fused-ring (bicyclic) bond motifs is 1. The highest BCUT2D eigenvalue weighted by Crippen LogP contribution is 2.33. The maximum absolute atomic E-state index is 5.76. The fourth-order valence-corrected chi connectivity index (χ4v) is 1.86. The summed E-state index contributed by atoms with van der Waals surface area (Å²) in [6.45, 7) is 5.66. The van der Waals surface area contributed by atoms with Crippen molar-refractivity contribution in [2.45, 2.75) is 26.1 Å². The van der Waals surface area contributed by atoms with E-state index in [1.807, 2.05) is 32.0 Å². The van der Waals surface area contributed by atoms with Crippen molar-refractivity contribution in [2.75, 3.05) is 19.8 Å². The third-order valence-electron chi connectivity index (χ3n) is 2.59. The number of rotatable bonds is 4. The predicted molar refractivity (Wildman–Crippen MR) is 65.4 cm³/mol. The standard InChI is InChI=1S/C13H19NO3/c1-9(2)17-13(8-14)10-3-4-11-12(7-10)16-6-5-15-11/h3-4,7,9,13H,5-6,8,14H2,1-2H3/t13-/m1/s1. The highest BCUT2D eigenvalue weighted by Gasteiger charge is 2.17. The van der Waals surface area contributed by atoms with E-state index in [1.54, 1.807) is 0 Å². The van der Waals surface area contributed by atoms with Gasteiger partial charge in [0.2, 0.25) is 0 Å². The first-order valence-corrected chi connectivity index (χ1v) is 5.95. The molecule has 4 nitrogen and oxygen atoms in total. The van der Waals surface area contributed by atoms with Crippen LogP contribution in [0.1, 0.15) is 25.5 Å². The molecule has 2 rings (SSSR count). The Labute approximate surface area is 102 Å². The second kappa shape index (κ2) is 5.38. The minimum absolute atomic E-state index is 0.0918. The van der Waals surface area contributed by atoms with E-state index < -0.39 is 0 Å². The second-order valence-electron chi connectivity index (χ2n) is 4.31. The molecule has 94 valence electrons. The third kappa shape index (κ3) is 2.90. The zero-order valence-corrected chi connectivity index (χ0v) is 10.3. The number of hydrogen-bond donors (Lipinski definition) is 1. The molecule has 2 N–H and O–H groups in total. The molecule has 0 aliphatic carbocycles. The molecule has 0 saturated heterocycles. The van der Waals surface area contributed by atoms with Crippen LogP contribution in [0.3, 0.4) is 0 Å². The third-order valence-corrected chi connectivity index (χ3v) is 2.59. The molecule has 1 aliphatic rings. The molecule has 0 saturated carbocycles. The van der Waals surface area contributed by atoms with Gasteiger partial charge in [-0.1, -0.05) is 6.07 Å². The van der Waals surface area contributed by atoms with Crippen LogP contribution in [0.2, 0.25) is 0 Å². The SMILES string of the molecule is CC(C)O[C@H](CN)c1ccc2c(c1)OCCO2. The lowest BCUT2D eigenvalue weighted by Gasteiger charge is -2.23. The fourth-order valence-electron chi connectivity index (χ4n) is 1.86. The zero-order chi connectivity index (χ0) is 12.3. The fraction of sp³-hybridized carbons (Fsp3) is 0.538. The summed E-state index contributed by atoms with van der Waals surface area (Å²) in [6, 6.07) is 5.85. The first-order chi connectivity index (χ1) is 8.20. The van der Waals surface area contributed by atoms with Gasteiger partial charge in [-0.3, -0.25) is 0 Å². The largest absolute Gasteiger partial charge is 0.486 e. The zero-order valence-electron chi connectivity index (χ0n) is 10.3. The van der Waals surface area contributed by atoms with Gasteiger partial charge in [0.25, 0.3) is 0 Å². The van der Waals surface area contributed by atoms with Crippen LogP contribution in [0.25, 0.3) is 0 Å². The molecule has 0 bridgehead atoms. The Hall–Kier alpha value is -1.26. The summed E-state index contributed by atoms with van der Waals surface area (Å²) >= 11 is 0. The molecule has 0 unspecified atom stereocenters. The minimum Gasteiger partial charge on any atom is -0.486 e. The van der Waals surface area contributed by atoms with Gasteiger partial charge in [0.15, 0.2) is 11.5 Å². The monoisotopic (exact) mass is 237 g/mol. The molecule has 1 aromatic carbocycles. The van der Waals surface area contributed by atoms with Crippen molar-refractivity contribution in [1.82, 2.24) is 0 Å². The van der Waals surface area contributed by atoms with Gasteiger partial charge < -0.3 is 19.9 Å². The molecule has 0 fully saturated rings. The van der Waals surface area contributed by atoms with E-state index in [2.05, 4.69) is 0 Å². The van der Waals surface area contributed by atoms with Crippen LogP contribution in [-0.4, -0.2) is 25.9 Å². The van der Waals surface area contributed by atoms with E-state index in [0.29, 0.717) is 19.8 Å². The van der Waals surface area contributed by atoms with Gasteiger partial charge in [-0.05, 0) is 31.5 Å². The second-order valence-corrected chi connectivity index (χ2v) is 4.31. The first kappa shape index (κ1) is 12.2. The number of hydrogen-bond acceptors (Lipinski definition) is 4. The maximum Gasteiger partial charge on any atom is 0.161 e. The van der Waals surface area contributed by atoms with Gasteiger partial charge in [0, 0.05) is 6.54 Å². The molecule has 4 heteroatoms. The Morgan fingerprint density at radius 1 is 1.24 bits per heavy atom. The Balaban J connectivity index is 2.19. The lowest BCUT2D eigenvalue weighted by atomic mass is 10.1.